The second-order valence-electron chi connectivity index (χ2n) is 4.88. The van der Waals surface area contributed by atoms with Gasteiger partial charge in [-0.15, -0.1) is 0 Å². The van der Waals surface area contributed by atoms with Crippen LogP contribution in [0.4, 0.5) is 0 Å². The van der Waals surface area contributed by atoms with Gasteiger partial charge in [0.25, 0.3) is 0 Å². The first kappa shape index (κ1) is 10.4. The van der Waals surface area contributed by atoms with Crippen molar-refractivity contribution in [1.82, 2.24) is 0 Å². The van der Waals surface area contributed by atoms with Gasteiger partial charge in [0.1, 0.15) is 0 Å². The molecule has 0 radical (unpaired) electrons. The average Bonchev–Trinajstić information content (AvgIpc) is 2.24. The molecular weight excluding hydrogens is 178 g/mol. The minimum Gasteiger partial charge on any atom is -0.393 e. The van der Waals surface area contributed by atoms with Crippen molar-refractivity contribution >= 4 is 0 Å². The van der Waals surface area contributed by atoms with Gasteiger partial charge in [0.2, 0.25) is 0 Å². The molecule has 1 atom stereocenters. The summed E-state index contributed by atoms with van der Waals surface area (Å²) in [6, 6.07) is 0. The highest BCUT2D eigenvalue weighted by Gasteiger charge is 2.38. The average molecular weight is 199 g/mol. The molecule has 2 rings (SSSR count). The van der Waals surface area contributed by atoms with Gasteiger partial charge in [-0.3, -0.25) is 0 Å². The molecule has 0 amide bonds. The number of rotatable bonds is 1. The van der Waals surface area contributed by atoms with Crippen molar-refractivity contribution in [3.05, 3.63) is 0 Å². The van der Waals surface area contributed by atoms with Gasteiger partial charge in [-0.1, -0.05) is 0 Å². The van der Waals surface area contributed by atoms with E-state index in [0.717, 1.165) is 45.3 Å². The molecule has 2 aliphatic rings. The van der Waals surface area contributed by atoms with Crippen LogP contribution in [0.3, 0.4) is 0 Å². The molecule has 1 unspecified atom stereocenters. The Balaban J connectivity index is 1.93. The fraction of sp³-hybridized carbons (Fsp3) is 1.00. The van der Waals surface area contributed by atoms with Crippen molar-refractivity contribution in [2.75, 3.05) is 13.2 Å². The molecule has 0 aromatic carbocycles. The zero-order valence-electron chi connectivity index (χ0n) is 8.74. The fourth-order valence-electron chi connectivity index (χ4n) is 2.74. The number of aliphatic hydroxyl groups excluding tert-OH is 1. The van der Waals surface area contributed by atoms with Gasteiger partial charge in [-0.05, 0) is 38.5 Å². The Morgan fingerprint density at radius 3 is 2.50 bits per heavy atom. The van der Waals surface area contributed by atoms with E-state index in [-0.39, 0.29) is 11.6 Å². The molecule has 3 N–H and O–H groups in total. The molecule has 2 fully saturated rings. The smallest absolute Gasteiger partial charge is 0.0541 e. The van der Waals surface area contributed by atoms with Gasteiger partial charge in [-0.25, -0.2) is 0 Å². The van der Waals surface area contributed by atoms with Crippen molar-refractivity contribution < 1.29 is 9.84 Å². The summed E-state index contributed by atoms with van der Waals surface area (Å²) in [4.78, 5) is 0. The number of ether oxygens (including phenoxy) is 1. The summed E-state index contributed by atoms with van der Waals surface area (Å²) in [6.07, 6.45) is 5.89. The van der Waals surface area contributed by atoms with E-state index in [0.29, 0.717) is 5.92 Å². The summed E-state index contributed by atoms with van der Waals surface area (Å²) in [5.41, 5.74) is 6.35. The standard InChI is InChI=1S/C11H21NO2/c12-11(5-3-10(13)4-6-11)9-2-1-7-14-8-9/h9-10,13H,1-8,12H2. The lowest BCUT2D eigenvalue weighted by atomic mass is 9.71. The topological polar surface area (TPSA) is 55.5 Å². The van der Waals surface area contributed by atoms with Crippen LogP contribution in [-0.2, 0) is 4.74 Å². The maximum absolute atomic E-state index is 9.45. The van der Waals surface area contributed by atoms with Crippen molar-refractivity contribution in [3.63, 3.8) is 0 Å². The van der Waals surface area contributed by atoms with Crippen LogP contribution >= 0.6 is 0 Å². The molecule has 0 spiro atoms. The third-order valence-electron chi connectivity index (χ3n) is 3.86. The third-order valence-corrected chi connectivity index (χ3v) is 3.86. The summed E-state index contributed by atoms with van der Waals surface area (Å²) < 4.78 is 5.48. The predicted octanol–water partition coefficient (Wildman–Crippen LogP) is 1.05. The number of hydrogen-bond donors (Lipinski definition) is 2. The van der Waals surface area contributed by atoms with Crippen LogP contribution in [0.15, 0.2) is 0 Å². The summed E-state index contributed by atoms with van der Waals surface area (Å²) in [5, 5.41) is 9.45. The Morgan fingerprint density at radius 1 is 1.21 bits per heavy atom. The normalized spacial score (nSPS) is 45.0. The molecule has 1 saturated carbocycles. The zero-order valence-corrected chi connectivity index (χ0v) is 8.74. The van der Waals surface area contributed by atoms with Gasteiger partial charge < -0.3 is 15.6 Å². The first-order chi connectivity index (χ1) is 6.71. The molecule has 3 nitrogen and oxygen atoms in total. The van der Waals surface area contributed by atoms with E-state index in [4.69, 9.17) is 10.5 Å². The van der Waals surface area contributed by atoms with E-state index in [1.54, 1.807) is 0 Å². The van der Waals surface area contributed by atoms with Crippen LogP contribution in [0.5, 0.6) is 0 Å². The first-order valence-electron chi connectivity index (χ1n) is 5.75. The van der Waals surface area contributed by atoms with Crippen LogP contribution in [0.1, 0.15) is 38.5 Å². The zero-order chi connectivity index (χ0) is 10.0. The molecule has 1 saturated heterocycles. The van der Waals surface area contributed by atoms with Crippen LogP contribution in [-0.4, -0.2) is 30.0 Å². The molecule has 1 heterocycles. The Morgan fingerprint density at radius 2 is 1.93 bits per heavy atom. The van der Waals surface area contributed by atoms with Crippen LogP contribution < -0.4 is 5.73 Å². The van der Waals surface area contributed by atoms with E-state index >= 15 is 0 Å². The Kier molecular flexibility index (Phi) is 3.10. The van der Waals surface area contributed by atoms with Gasteiger partial charge in [0, 0.05) is 18.1 Å². The second-order valence-corrected chi connectivity index (χ2v) is 4.88. The monoisotopic (exact) mass is 199 g/mol. The molecule has 1 aliphatic heterocycles. The van der Waals surface area contributed by atoms with Crippen molar-refractivity contribution in [2.45, 2.75) is 50.2 Å². The Labute approximate surface area is 85.6 Å². The maximum Gasteiger partial charge on any atom is 0.0541 e. The van der Waals surface area contributed by atoms with E-state index < -0.39 is 0 Å². The van der Waals surface area contributed by atoms with E-state index in [9.17, 15) is 5.11 Å². The largest absolute Gasteiger partial charge is 0.393 e. The number of hydrogen-bond acceptors (Lipinski definition) is 3. The maximum atomic E-state index is 9.45. The molecule has 82 valence electrons. The molecular formula is C11H21NO2. The highest BCUT2D eigenvalue weighted by molar-refractivity contribution is 4.96. The number of aliphatic hydroxyl groups is 1. The summed E-state index contributed by atoms with van der Waals surface area (Å²) in [6.45, 7) is 1.72. The Hall–Kier alpha value is -0.120. The minimum absolute atomic E-state index is 0.0559. The van der Waals surface area contributed by atoms with Gasteiger partial charge in [0.05, 0.1) is 12.7 Å². The molecule has 14 heavy (non-hydrogen) atoms. The summed E-state index contributed by atoms with van der Waals surface area (Å²) in [5.74, 6) is 0.517. The number of nitrogens with two attached hydrogens (primary N) is 1. The second kappa shape index (κ2) is 4.17. The highest BCUT2D eigenvalue weighted by atomic mass is 16.5. The van der Waals surface area contributed by atoms with Crippen LogP contribution in [0.2, 0.25) is 0 Å². The van der Waals surface area contributed by atoms with E-state index in [2.05, 4.69) is 0 Å². The lowest BCUT2D eigenvalue weighted by Crippen LogP contribution is -2.53. The lowest BCUT2D eigenvalue weighted by molar-refractivity contribution is -0.00485. The van der Waals surface area contributed by atoms with Gasteiger partial charge >= 0.3 is 0 Å². The third kappa shape index (κ3) is 2.10. The quantitative estimate of drug-likeness (QED) is 0.663. The van der Waals surface area contributed by atoms with Gasteiger partial charge in [-0.2, -0.15) is 0 Å². The van der Waals surface area contributed by atoms with Gasteiger partial charge in [0.15, 0.2) is 0 Å². The minimum atomic E-state index is -0.115. The van der Waals surface area contributed by atoms with Crippen LogP contribution in [0, 0.1) is 5.92 Å². The highest BCUT2D eigenvalue weighted by Crippen LogP contribution is 2.36. The van der Waals surface area contributed by atoms with Crippen LogP contribution in [0.25, 0.3) is 0 Å². The van der Waals surface area contributed by atoms with E-state index in [1.165, 1.54) is 6.42 Å². The van der Waals surface area contributed by atoms with Crippen molar-refractivity contribution in [1.29, 1.82) is 0 Å². The lowest BCUT2D eigenvalue weighted by Gasteiger charge is -2.43. The SMILES string of the molecule is NC1(C2CCCOC2)CCC(O)CC1. The predicted molar refractivity (Wildman–Crippen MR) is 54.9 cm³/mol. The molecule has 3 heteroatoms. The van der Waals surface area contributed by atoms with Crippen molar-refractivity contribution in [2.24, 2.45) is 11.7 Å². The summed E-state index contributed by atoms with van der Waals surface area (Å²) >= 11 is 0. The Bertz CT molecular complexity index is 182. The van der Waals surface area contributed by atoms with E-state index in [1.807, 2.05) is 0 Å². The fourth-order valence-corrected chi connectivity index (χ4v) is 2.74. The molecule has 1 aliphatic carbocycles. The first-order valence-corrected chi connectivity index (χ1v) is 5.75. The molecule has 0 aromatic heterocycles. The summed E-state index contributed by atoms with van der Waals surface area (Å²) in [7, 11) is 0. The molecule has 0 bridgehead atoms. The molecule has 0 aromatic rings. The van der Waals surface area contributed by atoms with Crippen molar-refractivity contribution in [3.8, 4) is 0 Å².